The highest BCUT2D eigenvalue weighted by Crippen LogP contribution is 2.16. The van der Waals surface area contributed by atoms with Crippen molar-refractivity contribution in [3.8, 4) is 5.75 Å². The van der Waals surface area contributed by atoms with Gasteiger partial charge in [0.05, 0.1) is 0 Å². The maximum absolute atomic E-state index is 11.9. The molecule has 0 spiro atoms. The number of carbonyl (C=O) groups excluding carboxylic acids is 2. The number of phenols is 1. The second-order valence-electron chi connectivity index (χ2n) is 3.96. The van der Waals surface area contributed by atoms with Crippen LogP contribution in [0.4, 0.5) is 11.4 Å². The lowest BCUT2D eigenvalue weighted by Crippen LogP contribution is -2.12. The summed E-state index contributed by atoms with van der Waals surface area (Å²) < 4.78 is 0. The van der Waals surface area contributed by atoms with Gasteiger partial charge in [0, 0.05) is 22.5 Å². The minimum atomic E-state index is -0.338. The number of carbonyl (C=O) groups is 2. The van der Waals surface area contributed by atoms with Gasteiger partial charge in [0.1, 0.15) is 5.75 Å². The molecule has 0 aliphatic carbocycles. The van der Waals surface area contributed by atoms with Crippen LogP contribution in [0.5, 0.6) is 5.75 Å². The van der Waals surface area contributed by atoms with Gasteiger partial charge in [-0.15, -0.1) is 0 Å². The predicted molar refractivity (Wildman–Crippen MR) is 72.3 cm³/mol. The predicted octanol–water partition coefficient (Wildman–Crippen LogP) is 2.04. The van der Waals surface area contributed by atoms with Crippen molar-refractivity contribution < 1.29 is 14.7 Å². The first kappa shape index (κ1) is 12.6. The number of phenolic OH excluding ortho intramolecular Hbond substituents is 1. The number of nitrogens with one attached hydrogen (secondary N) is 1. The Morgan fingerprint density at radius 1 is 1.16 bits per heavy atom. The van der Waals surface area contributed by atoms with Crippen LogP contribution in [0.15, 0.2) is 42.5 Å². The number of amides is 1. The third kappa shape index (κ3) is 2.90. The molecular weight excluding hydrogens is 244 g/mol. The van der Waals surface area contributed by atoms with E-state index in [0.29, 0.717) is 23.1 Å². The Balaban J connectivity index is 2.18. The highest BCUT2D eigenvalue weighted by molar-refractivity contribution is 6.05. The van der Waals surface area contributed by atoms with E-state index >= 15 is 0 Å². The van der Waals surface area contributed by atoms with E-state index in [0.717, 1.165) is 0 Å². The summed E-state index contributed by atoms with van der Waals surface area (Å²) in [5.41, 5.74) is 7.16. The highest BCUT2D eigenvalue weighted by atomic mass is 16.3. The van der Waals surface area contributed by atoms with Crippen LogP contribution in [-0.2, 0) is 0 Å². The van der Waals surface area contributed by atoms with E-state index in [1.54, 1.807) is 12.1 Å². The Morgan fingerprint density at radius 2 is 1.84 bits per heavy atom. The molecule has 0 aliphatic rings. The van der Waals surface area contributed by atoms with Crippen molar-refractivity contribution in [2.75, 3.05) is 11.1 Å². The largest absolute Gasteiger partial charge is 0.508 e. The third-order valence-electron chi connectivity index (χ3n) is 2.60. The molecule has 0 atom stereocenters. The summed E-state index contributed by atoms with van der Waals surface area (Å²) in [5, 5.41) is 11.8. The van der Waals surface area contributed by atoms with Crippen LogP contribution in [0.2, 0.25) is 0 Å². The molecule has 4 N–H and O–H groups in total. The van der Waals surface area contributed by atoms with E-state index in [4.69, 9.17) is 10.8 Å². The molecule has 0 saturated carbocycles. The maximum atomic E-state index is 11.9. The average molecular weight is 256 g/mol. The van der Waals surface area contributed by atoms with Gasteiger partial charge in [-0.05, 0) is 42.5 Å². The number of anilines is 2. The lowest BCUT2D eigenvalue weighted by molar-refractivity contribution is 0.102. The van der Waals surface area contributed by atoms with Crippen molar-refractivity contribution in [2.45, 2.75) is 0 Å². The minimum absolute atomic E-state index is 0.123. The number of hydrogen-bond donors (Lipinski definition) is 3. The fourth-order valence-electron chi connectivity index (χ4n) is 1.57. The van der Waals surface area contributed by atoms with Gasteiger partial charge in [-0.25, -0.2) is 0 Å². The lowest BCUT2D eigenvalue weighted by Gasteiger charge is -2.06. The minimum Gasteiger partial charge on any atom is -0.508 e. The van der Waals surface area contributed by atoms with Crippen LogP contribution in [0.1, 0.15) is 20.7 Å². The molecule has 0 radical (unpaired) electrons. The van der Waals surface area contributed by atoms with Crippen LogP contribution in [0.3, 0.4) is 0 Å². The quantitative estimate of drug-likeness (QED) is 0.445. The normalized spacial score (nSPS) is 9.89. The molecule has 1 amide bonds. The van der Waals surface area contributed by atoms with Gasteiger partial charge in [-0.3, -0.25) is 9.59 Å². The zero-order valence-electron chi connectivity index (χ0n) is 9.96. The summed E-state index contributed by atoms with van der Waals surface area (Å²) >= 11 is 0. The van der Waals surface area contributed by atoms with Crippen LogP contribution in [0.25, 0.3) is 0 Å². The van der Waals surface area contributed by atoms with Crippen molar-refractivity contribution >= 4 is 23.6 Å². The fourth-order valence-corrected chi connectivity index (χ4v) is 1.57. The summed E-state index contributed by atoms with van der Waals surface area (Å²) in [5.74, 6) is -0.215. The van der Waals surface area contributed by atoms with Crippen LogP contribution >= 0.6 is 0 Å². The number of rotatable bonds is 3. The Hall–Kier alpha value is -2.82. The number of hydrogen-bond acceptors (Lipinski definition) is 4. The molecule has 0 bridgehead atoms. The number of aromatic hydroxyl groups is 1. The molecule has 96 valence electrons. The molecule has 2 aromatic carbocycles. The summed E-state index contributed by atoms with van der Waals surface area (Å²) in [6.07, 6.45) is 0.636. The zero-order valence-corrected chi connectivity index (χ0v) is 9.96. The molecule has 2 rings (SSSR count). The van der Waals surface area contributed by atoms with Gasteiger partial charge >= 0.3 is 0 Å². The molecule has 0 fully saturated rings. The first-order valence-corrected chi connectivity index (χ1v) is 5.55. The molecule has 0 saturated heterocycles. The molecule has 5 heteroatoms. The highest BCUT2D eigenvalue weighted by Gasteiger charge is 2.08. The van der Waals surface area contributed by atoms with Crippen LogP contribution < -0.4 is 11.1 Å². The third-order valence-corrected chi connectivity index (χ3v) is 2.60. The molecule has 5 nitrogen and oxygen atoms in total. The van der Waals surface area contributed by atoms with Gasteiger partial charge in [0.2, 0.25) is 0 Å². The van der Waals surface area contributed by atoms with Crippen molar-refractivity contribution in [3.63, 3.8) is 0 Å². The summed E-state index contributed by atoms with van der Waals surface area (Å²) in [6, 6.07) is 10.6. The van der Waals surface area contributed by atoms with Crippen molar-refractivity contribution in [3.05, 3.63) is 53.6 Å². The van der Waals surface area contributed by atoms with E-state index in [1.807, 2.05) is 0 Å². The summed E-state index contributed by atoms with van der Waals surface area (Å²) in [6.45, 7) is 0. The number of benzene rings is 2. The molecule has 0 heterocycles. The monoisotopic (exact) mass is 256 g/mol. The number of nitrogen functional groups attached to an aromatic ring is 1. The van der Waals surface area contributed by atoms with Crippen LogP contribution in [0, 0.1) is 0 Å². The molecule has 0 aliphatic heterocycles. The average Bonchev–Trinajstić information content (AvgIpc) is 2.41. The smallest absolute Gasteiger partial charge is 0.255 e. The van der Waals surface area contributed by atoms with Crippen molar-refractivity contribution in [1.29, 1.82) is 0 Å². The van der Waals surface area contributed by atoms with Gasteiger partial charge in [-0.1, -0.05) is 0 Å². The van der Waals surface area contributed by atoms with Crippen LogP contribution in [-0.4, -0.2) is 17.3 Å². The standard InChI is InChI=1S/C14H12N2O3/c15-13-7-9(1-2-10(13)8-17)14(19)16-11-3-5-12(18)6-4-11/h1-8,18H,15H2,(H,16,19). The zero-order chi connectivity index (χ0) is 13.8. The van der Waals surface area contributed by atoms with E-state index < -0.39 is 0 Å². The topological polar surface area (TPSA) is 92.4 Å². The second kappa shape index (κ2) is 5.22. The molecule has 0 aromatic heterocycles. The molecule has 0 unspecified atom stereocenters. The maximum Gasteiger partial charge on any atom is 0.255 e. The number of aldehydes is 1. The Bertz CT molecular complexity index is 621. The van der Waals surface area contributed by atoms with Gasteiger partial charge in [0.25, 0.3) is 5.91 Å². The Labute approximate surface area is 109 Å². The van der Waals surface area contributed by atoms with E-state index in [2.05, 4.69) is 5.32 Å². The van der Waals surface area contributed by atoms with Crippen molar-refractivity contribution in [2.24, 2.45) is 0 Å². The SMILES string of the molecule is Nc1cc(C(=O)Nc2ccc(O)cc2)ccc1C=O. The van der Waals surface area contributed by atoms with Gasteiger partial charge in [0.15, 0.2) is 6.29 Å². The van der Waals surface area contributed by atoms with E-state index in [-0.39, 0.29) is 17.3 Å². The van der Waals surface area contributed by atoms with E-state index in [1.165, 1.54) is 30.3 Å². The van der Waals surface area contributed by atoms with Gasteiger partial charge < -0.3 is 16.2 Å². The van der Waals surface area contributed by atoms with Gasteiger partial charge in [-0.2, -0.15) is 0 Å². The van der Waals surface area contributed by atoms with Crippen molar-refractivity contribution in [1.82, 2.24) is 0 Å². The fraction of sp³-hybridized carbons (Fsp3) is 0. The van der Waals surface area contributed by atoms with E-state index in [9.17, 15) is 9.59 Å². The lowest BCUT2D eigenvalue weighted by atomic mass is 10.1. The number of nitrogens with two attached hydrogens (primary N) is 1. The summed E-state index contributed by atoms with van der Waals surface area (Å²) in [7, 11) is 0. The first-order chi connectivity index (χ1) is 9.10. The molecule has 19 heavy (non-hydrogen) atoms. The summed E-state index contributed by atoms with van der Waals surface area (Å²) in [4.78, 5) is 22.6. The second-order valence-corrected chi connectivity index (χ2v) is 3.96. The first-order valence-electron chi connectivity index (χ1n) is 5.55. The molecular formula is C14H12N2O3. The molecule has 2 aromatic rings. The Kier molecular flexibility index (Phi) is 3.47. The Morgan fingerprint density at radius 3 is 2.42 bits per heavy atom.